The van der Waals surface area contributed by atoms with Crippen LogP contribution in [0.3, 0.4) is 0 Å². The van der Waals surface area contributed by atoms with E-state index >= 15 is 0 Å². The number of methoxy groups -OCH3 is 2. The average Bonchev–Trinajstić information content (AvgIpc) is 2.45. The van der Waals surface area contributed by atoms with Crippen LogP contribution in [0.2, 0.25) is 0 Å². The van der Waals surface area contributed by atoms with Crippen LogP contribution in [0.5, 0.6) is 11.5 Å². The topological polar surface area (TPSA) is 67.8 Å². The number of aliphatic hydroxyl groups is 1. The van der Waals surface area contributed by atoms with E-state index in [0.717, 1.165) is 0 Å². The minimum atomic E-state index is -0.455. The van der Waals surface area contributed by atoms with Gasteiger partial charge in [0, 0.05) is 12.1 Å². The molecule has 0 fully saturated rings. The third-order valence-corrected chi connectivity index (χ3v) is 3.35. The number of hydrogen-bond donors (Lipinski definition) is 2. The molecule has 2 N–H and O–H groups in total. The van der Waals surface area contributed by atoms with Crippen LogP contribution in [-0.4, -0.2) is 37.9 Å². The summed E-state index contributed by atoms with van der Waals surface area (Å²) in [5, 5.41) is 12.7. The van der Waals surface area contributed by atoms with Gasteiger partial charge < -0.3 is 19.9 Å². The second kappa shape index (κ2) is 7.31. The van der Waals surface area contributed by atoms with Crippen LogP contribution < -0.4 is 14.8 Å². The number of amides is 1. The van der Waals surface area contributed by atoms with Gasteiger partial charge in [0.2, 0.25) is 0 Å². The van der Waals surface area contributed by atoms with Gasteiger partial charge in [-0.25, -0.2) is 0 Å². The highest BCUT2D eigenvalue weighted by Gasteiger charge is 2.21. The summed E-state index contributed by atoms with van der Waals surface area (Å²) in [6.07, 6.45) is 0.0610. The Balaban J connectivity index is 2.60. The largest absolute Gasteiger partial charge is 0.493 e. The number of benzene rings is 1. The summed E-state index contributed by atoms with van der Waals surface area (Å²) >= 11 is 0. The van der Waals surface area contributed by atoms with E-state index in [-0.39, 0.29) is 11.3 Å². The van der Waals surface area contributed by atoms with Gasteiger partial charge in [-0.1, -0.05) is 20.8 Å². The first-order chi connectivity index (χ1) is 9.79. The summed E-state index contributed by atoms with van der Waals surface area (Å²) < 4.78 is 10.3. The molecular formula is C16H25NO4. The molecule has 1 aromatic rings. The van der Waals surface area contributed by atoms with Crippen LogP contribution in [-0.2, 0) is 0 Å². The van der Waals surface area contributed by atoms with Gasteiger partial charge in [0.25, 0.3) is 5.91 Å². The summed E-state index contributed by atoms with van der Waals surface area (Å²) in [5.74, 6) is 0.897. The Kier molecular flexibility index (Phi) is 6.03. The molecule has 0 aliphatic rings. The third-order valence-electron chi connectivity index (χ3n) is 3.35. The second-order valence-corrected chi connectivity index (χ2v) is 6.00. The Labute approximate surface area is 126 Å². The highest BCUT2D eigenvalue weighted by molar-refractivity contribution is 5.94. The molecule has 1 unspecified atom stereocenters. The molecule has 1 rings (SSSR count). The van der Waals surface area contributed by atoms with E-state index in [2.05, 4.69) is 5.32 Å². The Morgan fingerprint density at radius 1 is 1.24 bits per heavy atom. The molecule has 0 aliphatic heterocycles. The number of aliphatic hydroxyl groups excluding tert-OH is 1. The van der Waals surface area contributed by atoms with Crippen LogP contribution in [0.15, 0.2) is 18.2 Å². The van der Waals surface area contributed by atoms with Crippen molar-refractivity contribution in [3.63, 3.8) is 0 Å². The van der Waals surface area contributed by atoms with Crippen LogP contribution in [0.1, 0.15) is 37.6 Å². The number of nitrogens with one attached hydrogen (secondary N) is 1. The zero-order chi connectivity index (χ0) is 16.0. The molecule has 0 bridgehead atoms. The Hall–Kier alpha value is -1.75. The van der Waals surface area contributed by atoms with E-state index in [4.69, 9.17) is 9.47 Å². The van der Waals surface area contributed by atoms with E-state index in [0.29, 0.717) is 30.0 Å². The van der Waals surface area contributed by atoms with Crippen molar-refractivity contribution in [3.8, 4) is 11.5 Å². The monoisotopic (exact) mass is 295 g/mol. The minimum absolute atomic E-state index is 0.186. The molecule has 5 heteroatoms. The summed E-state index contributed by atoms with van der Waals surface area (Å²) in [4.78, 5) is 12.1. The summed E-state index contributed by atoms with van der Waals surface area (Å²) in [6, 6.07) is 5.00. The van der Waals surface area contributed by atoms with Crippen molar-refractivity contribution in [3.05, 3.63) is 23.8 Å². The van der Waals surface area contributed by atoms with Crippen molar-refractivity contribution in [1.29, 1.82) is 0 Å². The molecule has 1 amide bonds. The van der Waals surface area contributed by atoms with Crippen LogP contribution in [0.4, 0.5) is 0 Å². The molecule has 118 valence electrons. The van der Waals surface area contributed by atoms with Crippen LogP contribution >= 0.6 is 0 Å². The fraction of sp³-hybridized carbons (Fsp3) is 0.562. The predicted octanol–water partition coefficient (Wildman–Crippen LogP) is 2.23. The standard InChI is InChI=1S/C16H25NO4/c1-16(2,3)14(18)8-9-17-15(19)11-6-7-12(20-4)13(10-11)21-5/h6-7,10,14,18H,8-9H2,1-5H3,(H,17,19). The fourth-order valence-electron chi connectivity index (χ4n) is 1.83. The predicted molar refractivity (Wildman–Crippen MR) is 82.0 cm³/mol. The summed E-state index contributed by atoms with van der Waals surface area (Å²) in [6.45, 7) is 6.32. The molecule has 0 aliphatic carbocycles. The SMILES string of the molecule is COc1ccc(C(=O)NCCC(O)C(C)(C)C)cc1OC. The highest BCUT2D eigenvalue weighted by Crippen LogP contribution is 2.27. The molecule has 0 aromatic heterocycles. The molecule has 5 nitrogen and oxygen atoms in total. The van der Waals surface area contributed by atoms with Crippen molar-refractivity contribution in [2.75, 3.05) is 20.8 Å². The number of hydrogen-bond acceptors (Lipinski definition) is 4. The molecule has 1 atom stereocenters. The first kappa shape index (κ1) is 17.3. The molecule has 0 heterocycles. The highest BCUT2D eigenvalue weighted by atomic mass is 16.5. The maximum Gasteiger partial charge on any atom is 0.251 e. The maximum atomic E-state index is 12.1. The number of carbonyl (C=O) groups is 1. The molecule has 21 heavy (non-hydrogen) atoms. The van der Waals surface area contributed by atoms with Gasteiger partial charge in [0.1, 0.15) is 0 Å². The van der Waals surface area contributed by atoms with Crippen LogP contribution in [0, 0.1) is 5.41 Å². The summed E-state index contributed by atoms with van der Waals surface area (Å²) in [7, 11) is 3.07. The first-order valence-corrected chi connectivity index (χ1v) is 6.98. The Bertz CT molecular complexity index is 480. The number of ether oxygens (including phenoxy) is 2. The lowest BCUT2D eigenvalue weighted by atomic mass is 9.87. The van der Waals surface area contributed by atoms with Gasteiger partial charge in [-0.05, 0) is 30.0 Å². The molecule has 0 radical (unpaired) electrons. The van der Waals surface area contributed by atoms with Crippen molar-refractivity contribution in [1.82, 2.24) is 5.32 Å². The number of rotatable bonds is 6. The second-order valence-electron chi connectivity index (χ2n) is 6.00. The zero-order valence-electron chi connectivity index (χ0n) is 13.4. The Morgan fingerprint density at radius 2 is 1.86 bits per heavy atom. The normalized spacial score (nSPS) is 12.7. The van der Waals surface area contributed by atoms with Crippen molar-refractivity contribution in [2.24, 2.45) is 5.41 Å². The van der Waals surface area contributed by atoms with Gasteiger partial charge >= 0.3 is 0 Å². The van der Waals surface area contributed by atoms with E-state index in [1.807, 2.05) is 20.8 Å². The van der Waals surface area contributed by atoms with Crippen LogP contribution in [0.25, 0.3) is 0 Å². The van der Waals surface area contributed by atoms with E-state index in [1.54, 1.807) is 25.3 Å². The first-order valence-electron chi connectivity index (χ1n) is 6.98. The van der Waals surface area contributed by atoms with Crippen molar-refractivity contribution in [2.45, 2.75) is 33.3 Å². The maximum absolute atomic E-state index is 12.1. The lowest BCUT2D eigenvalue weighted by Gasteiger charge is -2.25. The van der Waals surface area contributed by atoms with Gasteiger partial charge in [-0.2, -0.15) is 0 Å². The van der Waals surface area contributed by atoms with Gasteiger partial charge in [0.15, 0.2) is 11.5 Å². The smallest absolute Gasteiger partial charge is 0.251 e. The molecular weight excluding hydrogens is 270 g/mol. The fourth-order valence-corrected chi connectivity index (χ4v) is 1.83. The zero-order valence-corrected chi connectivity index (χ0v) is 13.4. The summed E-state index contributed by atoms with van der Waals surface area (Å²) in [5.41, 5.74) is 0.312. The molecule has 1 aromatic carbocycles. The molecule has 0 spiro atoms. The molecule has 0 saturated carbocycles. The molecule has 0 saturated heterocycles. The minimum Gasteiger partial charge on any atom is -0.493 e. The van der Waals surface area contributed by atoms with E-state index < -0.39 is 6.10 Å². The lowest BCUT2D eigenvalue weighted by Crippen LogP contribution is -2.32. The van der Waals surface area contributed by atoms with Crippen molar-refractivity contribution < 1.29 is 19.4 Å². The average molecular weight is 295 g/mol. The van der Waals surface area contributed by atoms with Gasteiger partial charge in [-0.3, -0.25) is 4.79 Å². The Morgan fingerprint density at radius 3 is 2.38 bits per heavy atom. The number of carbonyl (C=O) groups excluding carboxylic acids is 1. The quantitative estimate of drug-likeness (QED) is 0.844. The lowest BCUT2D eigenvalue weighted by molar-refractivity contribution is 0.0551. The van der Waals surface area contributed by atoms with Gasteiger partial charge in [0.05, 0.1) is 20.3 Å². The van der Waals surface area contributed by atoms with Gasteiger partial charge in [-0.15, -0.1) is 0 Å². The van der Waals surface area contributed by atoms with E-state index in [9.17, 15) is 9.90 Å². The van der Waals surface area contributed by atoms with Crippen molar-refractivity contribution >= 4 is 5.91 Å². The third kappa shape index (κ3) is 4.93. The van der Waals surface area contributed by atoms with E-state index in [1.165, 1.54) is 7.11 Å².